The molecule has 6 fully saturated rings. The summed E-state index contributed by atoms with van der Waals surface area (Å²) in [6.45, 7) is 13.1. The lowest BCUT2D eigenvalue weighted by atomic mass is 9.24. The summed E-state index contributed by atoms with van der Waals surface area (Å²) in [7, 11) is 1.49. The minimum Gasteiger partial charge on any atom is -0.469 e. The summed E-state index contributed by atoms with van der Waals surface area (Å²) in [5.41, 5.74) is -2.43. The number of Topliss-reactive ketones (excluding diaryl/α,β-unsaturated/α-hetero) is 1. The molecule has 5 saturated carbocycles. The van der Waals surface area contributed by atoms with Crippen LogP contribution in [0.2, 0.25) is 0 Å². The first kappa shape index (κ1) is 25.0. The molecule has 0 amide bonds. The highest BCUT2D eigenvalue weighted by atomic mass is 16.6. The Bertz CT molecular complexity index is 1290. The number of ketones is 2. The maximum absolute atomic E-state index is 14.5. The van der Waals surface area contributed by atoms with E-state index >= 15 is 0 Å². The highest BCUT2D eigenvalue weighted by Crippen LogP contribution is 2.85. The Kier molecular flexibility index (Phi) is 4.38. The fourth-order valence-corrected chi connectivity index (χ4v) is 12.0. The number of ether oxygens (including phenoxy) is 2. The SMILES string of the molecule is COC(=O)[C@]12CCC(C)(C)C[C@H]1[C@H]1C(=O)C=C3[C@@]4(C)C5OC5(C#N)C(=O)C(C)(C)[C@@H]4CC4C[C@]1(CC2)[C@@]34C. The molecule has 0 aromatic carbocycles. The van der Waals surface area contributed by atoms with Gasteiger partial charge in [-0.2, -0.15) is 5.26 Å². The highest BCUT2D eigenvalue weighted by molar-refractivity contribution is 6.01. The molecule has 38 heavy (non-hydrogen) atoms. The molecule has 0 N–H and O–H groups in total. The van der Waals surface area contributed by atoms with Crippen LogP contribution in [0.15, 0.2) is 11.6 Å². The molecule has 10 atom stereocenters. The van der Waals surface area contributed by atoms with E-state index in [1.165, 1.54) is 7.11 Å². The van der Waals surface area contributed by atoms with Gasteiger partial charge in [0.1, 0.15) is 12.2 Å². The predicted molar refractivity (Wildman–Crippen MR) is 138 cm³/mol. The van der Waals surface area contributed by atoms with Crippen LogP contribution >= 0.6 is 0 Å². The third-order valence-electron chi connectivity index (χ3n) is 13.9. The molecule has 1 spiro atoms. The number of hydrogen-bond acceptors (Lipinski definition) is 6. The van der Waals surface area contributed by atoms with Gasteiger partial charge < -0.3 is 9.47 Å². The van der Waals surface area contributed by atoms with Crippen LogP contribution in [0.25, 0.3) is 0 Å². The molecule has 6 aliphatic carbocycles. The van der Waals surface area contributed by atoms with E-state index in [1.807, 2.05) is 19.9 Å². The van der Waals surface area contributed by atoms with Crippen LogP contribution in [0.1, 0.15) is 86.5 Å². The Morgan fingerprint density at radius 1 is 1.05 bits per heavy atom. The average Bonchev–Trinajstić information content (AvgIpc) is 3.62. The summed E-state index contributed by atoms with van der Waals surface area (Å²) in [5.74, 6) is 0.0957. The minimum atomic E-state index is -1.39. The van der Waals surface area contributed by atoms with Crippen molar-refractivity contribution in [3.63, 3.8) is 0 Å². The summed E-state index contributed by atoms with van der Waals surface area (Å²) in [5, 5.41) is 10.1. The number of nitrogens with zero attached hydrogens (tertiary/aromatic N) is 1. The number of nitriles is 1. The lowest BCUT2D eigenvalue weighted by molar-refractivity contribution is -0.252. The quantitative estimate of drug-likeness (QED) is 0.349. The topological polar surface area (TPSA) is 96.8 Å². The number of methoxy groups -OCH3 is 1. The number of epoxide rings is 1. The zero-order valence-corrected chi connectivity index (χ0v) is 23.9. The van der Waals surface area contributed by atoms with Gasteiger partial charge in [0, 0.05) is 16.7 Å². The lowest BCUT2D eigenvalue weighted by Gasteiger charge is -2.78. The molecular formula is C32H41NO5. The van der Waals surface area contributed by atoms with Crippen molar-refractivity contribution >= 4 is 17.5 Å². The van der Waals surface area contributed by atoms with Gasteiger partial charge in [-0.25, -0.2) is 0 Å². The summed E-state index contributed by atoms with van der Waals surface area (Å²) < 4.78 is 11.5. The second-order valence-corrected chi connectivity index (χ2v) is 15.8. The van der Waals surface area contributed by atoms with Crippen LogP contribution in [0.5, 0.6) is 0 Å². The van der Waals surface area contributed by atoms with E-state index in [0.29, 0.717) is 5.92 Å². The van der Waals surface area contributed by atoms with E-state index in [2.05, 4.69) is 33.8 Å². The van der Waals surface area contributed by atoms with Crippen LogP contribution in [0.3, 0.4) is 0 Å². The Hall–Kier alpha value is -2.00. The Labute approximate surface area is 225 Å². The first-order valence-corrected chi connectivity index (χ1v) is 14.6. The molecule has 3 unspecified atom stereocenters. The number of esters is 1. The largest absolute Gasteiger partial charge is 0.469 e. The molecule has 0 bridgehead atoms. The minimum absolute atomic E-state index is 0.0221. The summed E-state index contributed by atoms with van der Waals surface area (Å²) in [6, 6.07) is 2.25. The summed E-state index contributed by atoms with van der Waals surface area (Å²) in [6.07, 6.45) is 7.52. The van der Waals surface area contributed by atoms with Crippen molar-refractivity contribution in [2.24, 2.45) is 56.2 Å². The molecule has 0 aromatic heterocycles. The zero-order valence-electron chi connectivity index (χ0n) is 23.9. The van der Waals surface area contributed by atoms with E-state index in [4.69, 9.17) is 9.47 Å². The molecule has 204 valence electrons. The third kappa shape index (κ3) is 2.30. The van der Waals surface area contributed by atoms with Crippen LogP contribution in [-0.4, -0.2) is 36.4 Å². The molecule has 0 radical (unpaired) electrons. The van der Waals surface area contributed by atoms with Crippen molar-refractivity contribution in [2.75, 3.05) is 7.11 Å². The number of rotatable bonds is 1. The van der Waals surface area contributed by atoms with Gasteiger partial charge in [0.25, 0.3) is 0 Å². The molecule has 6 heteroatoms. The fraction of sp³-hybridized carbons (Fsp3) is 0.812. The third-order valence-corrected chi connectivity index (χ3v) is 13.9. The first-order chi connectivity index (χ1) is 17.6. The predicted octanol–water partition coefficient (Wildman–Crippen LogP) is 5.20. The number of carbonyl (C=O) groups excluding carboxylic acids is 3. The average molecular weight is 520 g/mol. The van der Waals surface area contributed by atoms with Gasteiger partial charge in [-0.3, -0.25) is 14.4 Å². The molecule has 7 rings (SSSR count). The first-order valence-electron chi connectivity index (χ1n) is 14.6. The van der Waals surface area contributed by atoms with Crippen molar-refractivity contribution in [2.45, 2.75) is 98.2 Å². The molecule has 1 saturated heterocycles. The molecule has 0 aromatic rings. The fourth-order valence-electron chi connectivity index (χ4n) is 12.0. The van der Waals surface area contributed by atoms with Crippen molar-refractivity contribution in [1.82, 2.24) is 0 Å². The van der Waals surface area contributed by atoms with Gasteiger partial charge in [-0.15, -0.1) is 0 Å². The van der Waals surface area contributed by atoms with E-state index in [9.17, 15) is 19.6 Å². The van der Waals surface area contributed by atoms with E-state index in [1.54, 1.807) is 0 Å². The van der Waals surface area contributed by atoms with Crippen LogP contribution < -0.4 is 0 Å². The van der Waals surface area contributed by atoms with E-state index in [0.717, 1.165) is 50.5 Å². The monoisotopic (exact) mass is 519 g/mol. The summed E-state index contributed by atoms with van der Waals surface area (Å²) in [4.78, 5) is 41.5. The van der Waals surface area contributed by atoms with Crippen molar-refractivity contribution in [3.05, 3.63) is 11.6 Å². The molecule has 1 aliphatic heterocycles. The van der Waals surface area contributed by atoms with Gasteiger partial charge in [-0.1, -0.05) is 47.1 Å². The van der Waals surface area contributed by atoms with Gasteiger partial charge >= 0.3 is 5.97 Å². The number of hydrogen-bond donors (Lipinski definition) is 0. The van der Waals surface area contributed by atoms with Crippen molar-refractivity contribution in [3.8, 4) is 6.07 Å². The normalized spacial score (nSPS) is 54.4. The molecule has 7 aliphatic rings. The second-order valence-electron chi connectivity index (χ2n) is 15.8. The van der Waals surface area contributed by atoms with Crippen molar-refractivity contribution < 1.29 is 23.9 Å². The van der Waals surface area contributed by atoms with Gasteiger partial charge in [0.15, 0.2) is 11.6 Å². The van der Waals surface area contributed by atoms with Gasteiger partial charge in [0.05, 0.1) is 12.5 Å². The maximum atomic E-state index is 14.5. The molecule has 1 heterocycles. The number of allylic oxidation sites excluding steroid dienone is 1. The van der Waals surface area contributed by atoms with Gasteiger partial charge in [0.2, 0.25) is 5.60 Å². The van der Waals surface area contributed by atoms with E-state index < -0.39 is 27.9 Å². The Morgan fingerprint density at radius 3 is 2.39 bits per heavy atom. The van der Waals surface area contributed by atoms with Crippen LogP contribution in [0.4, 0.5) is 0 Å². The van der Waals surface area contributed by atoms with E-state index in [-0.39, 0.29) is 51.5 Å². The van der Waals surface area contributed by atoms with Crippen LogP contribution in [-0.2, 0) is 23.9 Å². The van der Waals surface area contributed by atoms with Crippen LogP contribution in [0, 0.1) is 67.5 Å². The number of carbonyl (C=O) groups is 3. The highest BCUT2D eigenvalue weighted by Gasteiger charge is 2.86. The zero-order chi connectivity index (χ0) is 27.5. The Balaban J connectivity index is 1.40. The molecular weight excluding hydrogens is 478 g/mol. The molecule has 6 nitrogen and oxygen atoms in total. The summed E-state index contributed by atoms with van der Waals surface area (Å²) >= 11 is 0. The van der Waals surface area contributed by atoms with Gasteiger partial charge in [-0.05, 0) is 85.0 Å². The van der Waals surface area contributed by atoms with Crippen molar-refractivity contribution in [1.29, 1.82) is 5.26 Å². The smallest absolute Gasteiger partial charge is 0.312 e. The maximum Gasteiger partial charge on any atom is 0.312 e. The standard InChI is InChI=1S/C32H41NO5/c1-26(2)8-9-30(25(36)37-7)10-11-31-14-17-12-20-27(3,4)23(35)32(16-33)24(38-32)28(20,5)21(29(17,31)6)13-19(34)22(31)18(30)15-26/h13,17-18,20,22,24H,8-12,14-15H2,1-7H3/t17?,18-,20-,22-,24?,28-,29+,30-,31-,32?/m0/s1. The Morgan fingerprint density at radius 2 is 1.74 bits per heavy atom. The number of fused-ring (bicyclic) bond motifs is 6. The lowest BCUT2D eigenvalue weighted by Crippen LogP contribution is -2.75. The second kappa shape index (κ2) is 6.65.